The first-order valence-electron chi connectivity index (χ1n) is 2.68. The van der Waals surface area contributed by atoms with Crippen LogP contribution in [0.2, 0.25) is 0 Å². The van der Waals surface area contributed by atoms with Gasteiger partial charge in [-0.25, -0.2) is 0 Å². The van der Waals surface area contributed by atoms with Gasteiger partial charge in [-0.15, -0.1) is 0 Å². The van der Waals surface area contributed by atoms with Crippen LogP contribution in [0.15, 0.2) is 4.99 Å². The maximum Gasteiger partial charge on any atom is 0.126 e. The van der Waals surface area contributed by atoms with Gasteiger partial charge in [0, 0.05) is 0 Å². The summed E-state index contributed by atoms with van der Waals surface area (Å²) in [5, 5.41) is 0.671. The fraction of sp³-hybridized carbons (Fsp3) is 0.800. The Morgan fingerprint density at radius 2 is 2.50 bits per heavy atom. The minimum absolute atomic E-state index is 0.139. The van der Waals surface area contributed by atoms with E-state index in [4.69, 9.17) is 0 Å². The third kappa shape index (κ3) is 0.804. The minimum atomic E-state index is 0.139. The lowest BCUT2D eigenvalue weighted by Gasteiger charge is -2.01. The fourth-order valence-corrected chi connectivity index (χ4v) is 0.787. The van der Waals surface area contributed by atoms with Crippen molar-refractivity contribution in [2.75, 3.05) is 6.54 Å². The molecule has 1 unspecified atom stereocenters. The molecular weight excluding hydrogens is 107 g/mol. The van der Waals surface area contributed by atoms with Gasteiger partial charge in [-0.05, 0) is 13.8 Å². The maximum atomic E-state index is 12.3. The Kier molecular flexibility index (Phi) is 1.19. The Hall–Kier alpha value is -0.600. The third-order valence-corrected chi connectivity index (χ3v) is 1.18. The molecule has 1 atom stereocenters. The summed E-state index contributed by atoms with van der Waals surface area (Å²) in [6, 6.07) is 0.139. The van der Waals surface area contributed by atoms with E-state index in [0.29, 0.717) is 17.5 Å². The van der Waals surface area contributed by atoms with Crippen molar-refractivity contribution in [3.63, 3.8) is 0 Å². The second kappa shape index (κ2) is 1.73. The third-order valence-electron chi connectivity index (χ3n) is 1.18. The second-order valence-corrected chi connectivity index (χ2v) is 2.07. The molecule has 0 bridgehead atoms. The molecule has 0 fully saturated rings. The van der Waals surface area contributed by atoms with Gasteiger partial charge < -0.3 is 0 Å². The molecule has 0 saturated heterocycles. The van der Waals surface area contributed by atoms with Gasteiger partial charge in [0.2, 0.25) is 0 Å². The van der Waals surface area contributed by atoms with Gasteiger partial charge in [0.05, 0.1) is 12.6 Å². The molecule has 1 aliphatic rings. The van der Waals surface area contributed by atoms with E-state index in [9.17, 15) is 4.48 Å². The molecule has 0 spiro atoms. The predicted octanol–water partition coefficient (Wildman–Crippen LogP) is 0.993. The number of hydrogen-bond acceptors (Lipinski definition) is 2. The summed E-state index contributed by atoms with van der Waals surface area (Å²) < 4.78 is 12.3. The SMILES string of the molecule is CC1=NC(C)CN1F. The van der Waals surface area contributed by atoms with E-state index in [1.165, 1.54) is 0 Å². The average Bonchev–Trinajstić information content (AvgIpc) is 1.85. The van der Waals surface area contributed by atoms with E-state index in [1.54, 1.807) is 6.92 Å². The summed E-state index contributed by atoms with van der Waals surface area (Å²) in [5.41, 5.74) is 0. The zero-order valence-electron chi connectivity index (χ0n) is 5.06. The summed E-state index contributed by atoms with van der Waals surface area (Å²) in [6.45, 7) is 3.98. The highest BCUT2D eigenvalue weighted by molar-refractivity contribution is 5.80. The van der Waals surface area contributed by atoms with E-state index in [1.807, 2.05) is 6.92 Å². The maximum absolute atomic E-state index is 12.3. The van der Waals surface area contributed by atoms with Crippen LogP contribution in [0.3, 0.4) is 0 Å². The first kappa shape index (κ1) is 5.54. The highest BCUT2D eigenvalue weighted by atomic mass is 19.2. The van der Waals surface area contributed by atoms with E-state index in [2.05, 4.69) is 4.99 Å². The topological polar surface area (TPSA) is 15.6 Å². The second-order valence-electron chi connectivity index (χ2n) is 2.07. The molecule has 0 aromatic heterocycles. The van der Waals surface area contributed by atoms with Gasteiger partial charge in [-0.2, -0.15) is 5.12 Å². The lowest BCUT2D eigenvalue weighted by Crippen LogP contribution is -2.16. The van der Waals surface area contributed by atoms with E-state index in [0.717, 1.165) is 0 Å². The Bertz CT molecular complexity index is 122. The Morgan fingerprint density at radius 3 is 2.62 bits per heavy atom. The van der Waals surface area contributed by atoms with Gasteiger partial charge in [0.1, 0.15) is 5.84 Å². The highest BCUT2D eigenvalue weighted by Gasteiger charge is 2.16. The monoisotopic (exact) mass is 116 g/mol. The molecule has 1 heterocycles. The van der Waals surface area contributed by atoms with Crippen molar-refractivity contribution in [3.05, 3.63) is 0 Å². The number of halogens is 1. The Balaban J connectivity index is 2.59. The van der Waals surface area contributed by atoms with Gasteiger partial charge in [-0.1, -0.05) is 4.48 Å². The summed E-state index contributed by atoms with van der Waals surface area (Å²) in [6.07, 6.45) is 0. The molecule has 1 aliphatic heterocycles. The Labute approximate surface area is 47.9 Å². The van der Waals surface area contributed by atoms with Crippen molar-refractivity contribution in [1.82, 2.24) is 5.12 Å². The zero-order chi connectivity index (χ0) is 6.15. The molecule has 0 saturated carbocycles. The van der Waals surface area contributed by atoms with Crippen LogP contribution in [0, 0.1) is 0 Å². The van der Waals surface area contributed by atoms with Crippen molar-refractivity contribution in [1.29, 1.82) is 0 Å². The lowest BCUT2D eigenvalue weighted by molar-refractivity contribution is 0.130. The molecule has 3 heteroatoms. The number of amidine groups is 1. The van der Waals surface area contributed by atoms with E-state index in [-0.39, 0.29) is 6.04 Å². The quantitative estimate of drug-likeness (QED) is 0.431. The molecule has 0 aromatic rings. The van der Waals surface area contributed by atoms with Crippen molar-refractivity contribution in [3.8, 4) is 0 Å². The molecule has 1 rings (SSSR count). The smallest absolute Gasteiger partial charge is 0.126 e. The summed E-state index contributed by atoms with van der Waals surface area (Å²) in [4.78, 5) is 3.94. The standard InChI is InChI=1S/C5H9FN2/c1-4-3-8(6)5(2)7-4/h4H,3H2,1-2H3. The Morgan fingerprint density at radius 1 is 1.88 bits per heavy atom. The molecule has 0 aromatic carbocycles. The van der Waals surface area contributed by atoms with Crippen molar-refractivity contribution in [2.45, 2.75) is 19.9 Å². The molecule has 2 nitrogen and oxygen atoms in total. The van der Waals surface area contributed by atoms with E-state index < -0.39 is 0 Å². The van der Waals surface area contributed by atoms with Crippen LogP contribution in [0.4, 0.5) is 4.48 Å². The fourth-order valence-electron chi connectivity index (χ4n) is 0.787. The first-order valence-corrected chi connectivity index (χ1v) is 2.68. The molecule has 8 heavy (non-hydrogen) atoms. The first-order chi connectivity index (χ1) is 3.70. The molecule has 0 amide bonds. The predicted molar refractivity (Wildman–Crippen MR) is 30.4 cm³/mol. The van der Waals surface area contributed by atoms with Crippen LogP contribution in [0.25, 0.3) is 0 Å². The zero-order valence-corrected chi connectivity index (χ0v) is 5.06. The van der Waals surface area contributed by atoms with Crippen LogP contribution in [-0.4, -0.2) is 23.5 Å². The number of nitrogens with zero attached hydrogens (tertiary/aromatic N) is 2. The normalized spacial score (nSPS) is 28.6. The largest absolute Gasteiger partial charge is 0.265 e. The number of rotatable bonds is 0. The van der Waals surface area contributed by atoms with Crippen LogP contribution < -0.4 is 0 Å². The number of hydrogen-bond donors (Lipinski definition) is 0. The molecule has 0 aliphatic carbocycles. The molecular formula is C5H9FN2. The minimum Gasteiger partial charge on any atom is -0.265 e. The molecule has 0 radical (unpaired) electrons. The van der Waals surface area contributed by atoms with Gasteiger partial charge in [0.25, 0.3) is 0 Å². The van der Waals surface area contributed by atoms with Crippen molar-refractivity contribution >= 4 is 5.84 Å². The van der Waals surface area contributed by atoms with Crippen LogP contribution >= 0.6 is 0 Å². The lowest BCUT2D eigenvalue weighted by atomic mass is 10.4. The summed E-state index contributed by atoms with van der Waals surface area (Å²) in [5.74, 6) is 0.498. The number of aliphatic imine (C=N–C) groups is 1. The molecule has 0 N–H and O–H groups in total. The van der Waals surface area contributed by atoms with Gasteiger partial charge >= 0.3 is 0 Å². The average molecular weight is 116 g/mol. The van der Waals surface area contributed by atoms with Gasteiger partial charge in [-0.3, -0.25) is 4.99 Å². The highest BCUT2D eigenvalue weighted by Crippen LogP contribution is 2.07. The van der Waals surface area contributed by atoms with Crippen molar-refractivity contribution in [2.24, 2.45) is 4.99 Å². The summed E-state index contributed by atoms with van der Waals surface area (Å²) in [7, 11) is 0. The van der Waals surface area contributed by atoms with Crippen LogP contribution in [0.1, 0.15) is 13.8 Å². The summed E-state index contributed by atoms with van der Waals surface area (Å²) >= 11 is 0. The van der Waals surface area contributed by atoms with Crippen LogP contribution in [0.5, 0.6) is 0 Å². The van der Waals surface area contributed by atoms with Gasteiger partial charge in [0.15, 0.2) is 0 Å². The van der Waals surface area contributed by atoms with Crippen LogP contribution in [-0.2, 0) is 0 Å². The van der Waals surface area contributed by atoms with E-state index >= 15 is 0 Å². The van der Waals surface area contributed by atoms with Crippen molar-refractivity contribution < 1.29 is 4.48 Å². The molecule has 46 valence electrons.